The number of nitrogens with zero attached hydrogens (tertiary/aromatic N) is 3. The molecule has 0 saturated carbocycles. The number of ether oxygens (including phenoxy) is 2. The van der Waals surface area contributed by atoms with Gasteiger partial charge in [0, 0.05) is 38.8 Å². The second-order valence-corrected chi connectivity index (χ2v) is 7.24. The summed E-state index contributed by atoms with van der Waals surface area (Å²) in [6, 6.07) is 0.140. The van der Waals surface area contributed by atoms with Gasteiger partial charge in [-0.25, -0.2) is 4.79 Å². The maximum atomic E-state index is 12.3. The van der Waals surface area contributed by atoms with Crippen molar-refractivity contribution in [1.82, 2.24) is 14.7 Å². The Labute approximate surface area is 138 Å². The smallest absolute Gasteiger partial charge is 0.410 e. The molecule has 2 amide bonds. The average Bonchev–Trinajstić information content (AvgIpc) is 2.48. The van der Waals surface area contributed by atoms with Crippen LogP contribution in [-0.4, -0.2) is 90.8 Å². The number of amides is 2. The molecule has 2 heterocycles. The summed E-state index contributed by atoms with van der Waals surface area (Å²) in [6.45, 7) is 12.5. The van der Waals surface area contributed by atoms with Crippen LogP contribution in [0.25, 0.3) is 0 Å². The molecule has 0 aliphatic carbocycles. The van der Waals surface area contributed by atoms with Crippen LogP contribution in [0.15, 0.2) is 0 Å². The monoisotopic (exact) mass is 327 g/mol. The van der Waals surface area contributed by atoms with E-state index in [4.69, 9.17) is 9.47 Å². The van der Waals surface area contributed by atoms with E-state index in [-0.39, 0.29) is 18.0 Å². The number of piperazine rings is 1. The summed E-state index contributed by atoms with van der Waals surface area (Å²) < 4.78 is 10.7. The number of hydrogen-bond donors (Lipinski definition) is 0. The predicted molar refractivity (Wildman–Crippen MR) is 86.2 cm³/mol. The van der Waals surface area contributed by atoms with Gasteiger partial charge in [-0.1, -0.05) is 0 Å². The van der Waals surface area contributed by atoms with Crippen LogP contribution < -0.4 is 0 Å². The molecule has 1 unspecified atom stereocenters. The van der Waals surface area contributed by atoms with Gasteiger partial charge in [-0.15, -0.1) is 0 Å². The summed E-state index contributed by atoms with van der Waals surface area (Å²) in [4.78, 5) is 30.2. The number of rotatable bonds is 2. The lowest BCUT2D eigenvalue weighted by Crippen LogP contribution is -2.57. The highest BCUT2D eigenvalue weighted by Gasteiger charge is 2.31. The Morgan fingerprint density at radius 1 is 1.09 bits per heavy atom. The number of morpholine rings is 1. The molecular formula is C16H29N3O4. The Hall–Kier alpha value is -1.34. The lowest BCUT2D eigenvalue weighted by atomic mass is 10.2. The highest BCUT2D eigenvalue weighted by molar-refractivity contribution is 5.78. The molecule has 0 aromatic carbocycles. The maximum absolute atomic E-state index is 12.3. The molecule has 2 rings (SSSR count). The van der Waals surface area contributed by atoms with Crippen molar-refractivity contribution >= 4 is 12.0 Å². The van der Waals surface area contributed by atoms with Gasteiger partial charge in [-0.2, -0.15) is 0 Å². The Morgan fingerprint density at radius 3 is 2.30 bits per heavy atom. The van der Waals surface area contributed by atoms with Gasteiger partial charge < -0.3 is 19.3 Å². The summed E-state index contributed by atoms with van der Waals surface area (Å²) in [5.74, 6) is 0.144. The molecule has 0 aromatic rings. The van der Waals surface area contributed by atoms with Gasteiger partial charge in [-0.05, 0) is 27.7 Å². The third-order valence-electron chi connectivity index (χ3n) is 4.12. The summed E-state index contributed by atoms with van der Waals surface area (Å²) in [5, 5.41) is 0. The van der Waals surface area contributed by atoms with Gasteiger partial charge >= 0.3 is 6.09 Å². The van der Waals surface area contributed by atoms with Crippen molar-refractivity contribution in [2.45, 2.75) is 39.3 Å². The number of carbonyl (C=O) groups is 2. The SMILES string of the molecule is CC1CN(C(=O)OC(C)(C)C)CCN1CC(=O)N1CCOCC1. The van der Waals surface area contributed by atoms with Crippen molar-refractivity contribution in [3.63, 3.8) is 0 Å². The maximum Gasteiger partial charge on any atom is 0.410 e. The molecule has 132 valence electrons. The Bertz CT molecular complexity index is 430. The van der Waals surface area contributed by atoms with Gasteiger partial charge in [-0.3, -0.25) is 9.69 Å². The van der Waals surface area contributed by atoms with E-state index in [1.54, 1.807) is 4.90 Å². The third kappa shape index (κ3) is 5.35. The Kier molecular flexibility index (Phi) is 5.86. The summed E-state index contributed by atoms with van der Waals surface area (Å²) in [6.07, 6.45) is -0.275. The van der Waals surface area contributed by atoms with Crippen molar-refractivity contribution in [1.29, 1.82) is 0 Å². The minimum atomic E-state index is -0.482. The summed E-state index contributed by atoms with van der Waals surface area (Å²) in [7, 11) is 0. The van der Waals surface area contributed by atoms with Crippen LogP contribution in [0, 0.1) is 0 Å². The van der Waals surface area contributed by atoms with Gasteiger partial charge in [0.2, 0.25) is 5.91 Å². The first-order valence-corrected chi connectivity index (χ1v) is 8.34. The van der Waals surface area contributed by atoms with Crippen molar-refractivity contribution < 1.29 is 19.1 Å². The van der Waals surface area contributed by atoms with Crippen LogP contribution in [0.4, 0.5) is 4.79 Å². The first kappa shape index (κ1) is 18.0. The first-order chi connectivity index (χ1) is 10.8. The van der Waals surface area contributed by atoms with Gasteiger partial charge in [0.1, 0.15) is 5.60 Å². The topological polar surface area (TPSA) is 62.3 Å². The Balaban J connectivity index is 1.81. The molecule has 0 aromatic heterocycles. The van der Waals surface area contributed by atoms with E-state index in [0.29, 0.717) is 52.5 Å². The molecule has 2 aliphatic heterocycles. The molecular weight excluding hydrogens is 298 g/mol. The van der Waals surface area contributed by atoms with E-state index >= 15 is 0 Å². The van der Waals surface area contributed by atoms with Crippen molar-refractivity contribution in [3.8, 4) is 0 Å². The zero-order chi connectivity index (χ0) is 17.0. The Morgan fingerprint density at radius 2 is 1.74 bits per heavy atom. The average molecular weight is 327 g/mol. The molecule has 2 saturated heterocycles. The fourth-order valence-corrected chi connectivity index (χ4v) is 2.81. The van der Waals surface area contributed by atoms with E-state index < -0.39 is 5.60 Å². The third-order valence-corrected chi connectivity index (χ3v) is 4.12. The molecule has 7 heteroatoms. The highest BCUT2D eigenvalue weighted by Crippen LogP contribution is 2.15. The summed E-state index contributed by atoms with van der Waals surface area (Å²) in [5.41, 5.74) is -0.482. The molecule has 0 N–H and O–H groups in total. The molecule has 1 atom stereocenters. The summed E-state index contributed by atoms with van der Waals surface area (Å²) >= 11 is 0. The van der Waals surface area contributed by atoms with Crippen LogP contribution >= 0.6 is 0 Å². The molecule has 7 nitrogen and oxygen atoms in total. The van der Waals surface area contributed by atoms with E-state index in [2.05, 4.69) is 4.90 Å². The van der Waals surface area contributed by atoms with Crippen LogP contribution in [0.1, 0.15) is 27.7 Å². The lowest BCUT2D eigenvalue weighted by Gasteiger charge is -2.40. The van der Waals surface area contributed by atoms with Crippen LogP contribution in [0.2, 0.25) is 0 Å². The molecule has 23 heavy (non-hydrogen) atoms. The molecule has 0 spiro atoms. The van der Waals surface area contributed by atoms with Gasteiger partial charge in [0.15, 0.2) is 0 Å². The van der Waals surface area contributed by atoms with Crippen LogP contribution in [-0.2, 0) is 14.3 Å². The van der Waals surface area contributed by atoms with E-state index in [0.717, 1.165) is 0 Å². The zero-order valence-corrected chi connectivity index (χ0v) is 14.7. The first-order valence-electron chi connectivity index (χ1n) is 8.34. The van der Waals surface area contributed by atoms with Gasteiger partial charge in [0.25, 0.3) is 0 Å². The minimum absolute atomic E-state index is 0.140. The second-order valence-electron chi connectivity index (χ2n) is 7.24. The van der Waals surface area contributed by atoms with Crippen LogP contribution in [0.5, 0.6) is 0 Å². The normalized spacial score (nSPS) is 23.7. The fourth-order valence-electron chi connectivity index (χ4n) is 2.81. The molecule has 2 aliphatic rings. The largest absolute Gasteiger partial charge is 0.444 e. The lowest BCUT2D eigenvalue weighted by molar-refractivity contribution is -0.137. The van der Waals surface area contributed by atoms with E-state index in [1.807, 2.05) is 32.6 Å². The minimum Gasteiger partial charge on any atom is -0.444 e. The molecule has 0 bridgehead atoms. The highest BCUT2D eigenvalue weighted by atomic mass is 16.6. The molecule has 2 fully saturated rings. The number of hydrogen-bond acceptors (Lipinski definition) is 5. The van der Waals surface area contributed by atoms with Gasteiger partial charge in [0.05, 0.1) is 19.8 Å². The predicted octanol–water partition coefficient (Wildman–Crippen LogP) is 0.786. The van der Waals surface area contributed by atoms with Crippen LogP contribution in [0.3, 0.4) is 0 Å². The van der Waals surface area contributed by atoms with Crippen molar-refractivity contribution in [2.75, 3.05) is 52.5 Å². The second kappa shape index (κ2) is 7.49. The quantitative estimate of drug-likeness (QED) is 0.750. The zero-order valence-electron chi connectivity index (χ0n) is 14.7. The fraction of sp³-hybridized carbons (Fsp3) is 0.875. The van der Waals surface area contributed by atoms with Crippen molar-refractivity contribution in [2.24, 2.45) is 0 Å². The van der Waals surface area contributed by atoms with E-state index in [1.165, 1.54) is 0 Å². The van der Waals surface area contributed by atoms with E-state index in [9.17, 15) is 9.59 Å². The number of carbonyl (C=O) groups excluding carboxylic acids is 2. The van der Waals surface area contributed by atoms with Crippen molar-refractivity contribution in [3.05, 3.63) is 0 Å². The standard InChI is InChI=1S/C16H29N3O4/c1-13-11-19(15(21)23-16(2,3)4)6-5-18(13)12-14(20)17-7-9-22-10-8-17/h13H,5-12H2,1-4H3. The molecule has 0 radical (unpaired) electrons.